The van der Waals surface area contributed by atoms with E-state index in [0.29, 0.717) is 6.92 Å². The van der Waals surface area contributed by atoms with E-state index in [2.05, 4.69) is 22.1 Å². The highest BCUT2D eigenvalue weighted by Crippen LogP contribution is 2.47. The van der Waals surface area contributed by atoms with Crippen LogP contribution in [0.1, 0.15) is 30.9 Å². The third kappa shape index (κ3) is 3.46. The number of ether oxygens (including phenoxy) is 1. The molecule has 2 aliphatic rings. The first-order chi connectivity index (χ1) is 13.7. The van der Waals surface area contributed by atoms with E-state index >= 15 is 0 Å². The van der Waals surface area contributed by atoms with Gasteiger partial charge in [0.2, 0.25) is 0 Å². The molecule has 2 heterocycles. The topological polar surface area (TPSA) is 73.2 Å². The van der Waals surface area contributed by atoms with Gasteiger partial charge in [0, 0.05) is 36.2 Å². The van der Waals surface area contributed by atoms with Gasteiger partial charge in [0.25, 0.3) is 17.1 Å². The van der Waals surface area contributed by atoms with Crippen molar-refractivity contribution in [2.75, 3.05) is 5.32 Å². The van der Waals surface area contributed by atoms with E-state index in [1.54, 1.807) is 0 Å². The number of alkyl halides is 2. The molecule has 0 unspecified atom stereocenters. The number of halogens is 3. The number of carbonyl (C=O) groups is 1. The van der Waals surface area contributed by atoms with Crippen LogP contribution in [0.2, 0.25) is 0 Å². The Hall–Kier alpha value is -3.28. The van der Waals surface area contributed by atoms with Crippen molar-refractivity contribution in [2.45, 2.75) is 37.8 Å². The highest BCUT2D eigenvalue weighted by Gasteiger charge is 2.58. The number of cyclic esters (lactones) is 1. The number of anilines is 1. The molecule has 4 rings (SSSR count). The number of nitrogens with one attached hydrogen (secondary N) is 1. The SMILES string of the molecule is CC(F)(F)[C@@]1(C#CC2CC2)OC(=O)Nc2cc(Cn3cnccc3=O)c(F)cc21. The van der Waals surface area contributed by atoms with Gasteiger partial charge in [-0.15, -0.1) is 0 Å². The molecule has 1 aromatic carbocycles. The number of carbonyl (C=O) groups excluding carboxylic acids is 1. The second-order valence-electron chi connectivity index (χ2n) is 7.16. The van der Waals surface area contributed by atoms with Crippen LogP contribution >= 0.6 is 0 Å². The van der Waals surface area contributed by atoms with Crippen LogP contribution in [-0.4, -0.2) is 21.6 Å². The molecule has 0 saturated heterocycles. The van der Waals surface area contributed by atoms with Gasteiger partial charge in [0.1, 0.15) is 5.82 Å². The second kappa shape index (κ2) is 6.65. The summed E-state index contributed by atoms with van der Waals surface area (Å²) in [6, 6.07) is 3.30. The first-order valence-electron chi connectivity index (χ1n) is 8.93. The molecule has 1 N–H and O–H groups in total. The number of hydrogen-bond donors (Lipinski definition) is 1. The Labute approximate surface area is 163 Å². The maximum atomic E-state index is 14.8. The summed E-state index contributed by atoms with van der Waals surface area (Å²) in [5, 5.41) is 2.33. The van der Waals surface area contributed by atoms with Crippen LogP contribution in [-0.2, 0) is 16.9 Å². The van der Waals surface area contributed by atoms with Crippen LogP contribution in [0.15, 0.2) is 35.5 Å². The minimum absolute atomic E-state index is 0.0181. The van der Waals surface area contributed by atoms with E-state index in [1.165, 1.54) is 24.7 Å². The summed E-state index contributed by atoms with van der Waals surface area (Å²) < 4.78 is 50.2. The number of amides is 1. The minimum atomic E-state index is -3.59. The zero-order valence-corrected chi connectivity index (χ0v) is 15.3. The van der Waals surface area contributed by atoms with Gasteiger partial charge in [-0.3, -0.25) is 14.7 Å². The van der Waals surface area contributed by atoms with Crippen molar-refractivity contribution in [1.82, 2.24) is 9.55 Å². The van der Waals surface area contributed by atoms with E-state index in [4.69, 9.17) is 4.74 Å². The van der Waals surface area contributed by atoms with E-state index in [-0.39, 0.29) is 29.3 Å². The molecule has 1 aliphatic carbocycles. The normalized spacial score (nSPS) is 20.8. The third-order valence-electron chi connectivity index (χ3n) is 4.83. The van der Waals surface area contributed by atoms with Crippen molar-refractivity contribution < 1.29 is 22.7 Å². The van der Waals surface area contributed by atoms with Crippen LogP contribution in [0.25, 0.3) is 0 Å². The number of rotatable bonds is 3. The summed E-state index contributed by atoms with van der Waals surface area (Å²) in [6.07, 6.45) is 2.99. The third-order valence-corrected chi connectivity index (χ3v) is 4.83. The number of aromatic nitrogens is 2. The summed E-state index contributed by atoms with van der Waals surface area (Å²) >= 11 is 0. The first kappa shape index (κ1) is 19.1. The molecule has 1 aliphatic heterocycles. The largest absolute Gasteiger partial charge is 0.418 e. The summed E-state index contributed by atoms with van der Waals surface area (Å²) in [5.74, 6) is 0.665. The molecular formula is C20H16F3N3O3. The first-order valence-corrected chi connectivity index (χ1v) is 8.93. The Bertz CT molecular complexity index is 1110. The van der Waals surface area contributed by atoms with Crippen LogP contribution in [0, 0.1) is 23.6 Å². The van der Waals surface area contributed by atoms with Gasteiger partial charge in [-0.05, 0) is 30.9 Å². The van der Waals surface area contributed by atoms with Crippen molar-refractivity contribution in [1.29, 1.82) is 0 Å². The lowest BCUT2D eigenvalue weighted by Crippen LogP contribution is -2.50. The van der Waals surface area contributed by atoms with Crippen LogP contribution in [0.5, 0.6) is 0 Å². The summed E-state index contributed by atoms with van der Waals surface area (Å²) in [5.41, 5.74) is -3.30. The lowest BCUT2D eigenvalue weighted by Gasteiger charge is -2.38. The molecule has 6 nitrogen and oxygen atoms in total. The Balaban J connectivity index is 1.84. The van der Waals surface area contributed by atoms with Crippen LogP contribution in [0.3, 0.4) is 0 Å². The fraction of sp³-hybridized carbons (Fsp3) is 0.350. The quantitative estimate of drug-likeness (QED) is 0.799. The molecule has 1 saturated carbocycles. The van der Waals surface area contributed by atoms with Gasteiger partial charge < -0.3 is 4.74 Å². The summed E-state index contributed by atoms with van der Waals surface area (Å²) in [7, 11) is 0. The Morgan fingerprint density at radius 1 is 1.38 bits per heavy atom. The molecule has 1 atom stereocenters. The van der Waals surface area contributed by atoms with Gasteiger partial charge in [0.15, 0.2) is 0 Å². The van der Waals surface area contributed by atoms with E-state index < -0.39 is 29.0 Å². The molecule has 1 amide bonds. The lowest BCUT2D eigenvalue weighted by atomic mass is 9.85. The predicted molar refractivity (Wildman–Crippen MR) is 96.9 cm³/mol. The van der Waals surface area contributed by atoms with Gasteiger partial charge in [-0.1, -0.05) is 5.92 Å². The monoisotopic (exact) mass is 403 g/mol. The van der Waals surface area contributed by atoms with Gasteiger partial charge in [-0.25, -0.2) is 22.9 Å². The molecule has 29 heavy (non-hydrogen) atoms. The fourth-order valence-electron chi connectivity index (χ4n) is 3.10. The van der Waals surface area contributed by atoms with E-state index in [0.717, 1.165) is 23.5 Å². The Morgan fingerprint density at radius 3 is 2.79 bits per heavy atom. The Morgan fingerprint density at radius 2 is 2.14 bits per heavy atom. The molecule has 0 bridgehead atoms. The van der Waals surface area contributed by atoms with E-state index in [1.807, 2.05) is 0 Å². The molecule has 2 aromatic rings. The highest BCUT2D eigenvalue weighted by atomic mass is 19.3. The zero-order valence-electron chi connectivity index (χ0n) is 15.3. The van der Waals surface area contributed by atoms with E-state index in [9.17, 15) is 22.8 Å². The summed E-state index contributed by atoms with van der Waals surface area (Å²) in [6.45, 7) is 0.393. The smallest absolute Gasteiger partial charge is 0.413 e. The predicted octanol–water partition coefficient (Wildman–Crippen LogP) is 3.26. The van der Waals surface area contributed by atoms with Gasteiger partial charge in [-0.2, -0.15) is 0 Å². The standard InChI is InChI=1S/C20H16F3N3O3/c1-19(22,23)20(6-4-12-2-3-12)14-9-15(21)13(8-16(14)25-18(28)29-20)10-26-11-24-7-5-17(26)27/h5,7-9,11-12H,2-3,10H2,1H3,(H,25,28)/t20-/m0/s1. The molecule has 150 valence electrons. The number of hydrogen-bond acceptors (Lipinski definition) is 4. The molecular weight excluding hydrogens is 387 g/mol. The van der Waals surface area contributed by atoms with Crippen molar-refractivity contribution in [3.05, 3.63) is 58.0 Å². The van der Waals surface area contributed by atoms with Crippen LogP contribution in [0.4, 0.5) is 23.7 Å². The molecule has 9 heteroatoms. The second-order valence-corrected chi connectivity index (χ2v) is 7.16. The van der Waals surface area contributed by atoms with Crippen molar-refractivity contribution in [3.63, 3.8) is 0 Å². The Kier molecular flexibility index (Phi) is 4.37. The van der Waals surface area contributed by atoms with Crippen molar-refractivity contribution >= 4 is 11.8 Å². The van der Waals surface area contributed by atoms with Crippen molar-refractivity contribution in [2.24, 2.45) is 5.92 Å². The molecule has 1 fully saturated rings. The minimum Gasteiger partial charge on any atom is -0.418 e. The van der Waals surface area contributed by atoms with Gasteiger partial charge >= 0.3 is 6.09 Å². The van der Waals surface area contributed by atoms with Gasteiger partial charge in [0.05, 0.1) is 18.6 Å². The lowest BCUT2D eigenvalue weighted by molar-refractivity contribution is -0.142. The maximum Gasteiger partial charge on any atom is 0.413 e. The molecule has 0 spiro atoms. The average Bonchev–Trinajstić information content (AvgIpc) is 3.46. The maximum absolute atomic E-state index is 14.8. The van der Waals surface area contributed by atoms with Crippen molar-refractivity contribution in [3.8, 4) is 11.8 Å². The summed E-state index contributed by atoms with van der Waals surface area (Å²) in [4.78, 5) is 27.7. The zero-order chi connectivity index (χ0) is 20.8. The van der Waals surface area contributed by atoms with Crippen LogP contribution < -0.4 is 10.9 Å². The highest BCUT2D eigenvalue weighted by molar-refractivity contribution is 5.90. The molecule has 0 radical (unpaired) electrons. The average molecular weight is 403 g/mol. The number of benzene rings is 1. The number of nitrogens with zero attached hydrogens (tertiary/aromatic N) is 2. The number of fused-ring (bicyclic) bond motifs is 1. The fourth-order valence-corrected chi connectivity index (χ4v) is 3.10. The molecule has 1 aromatic heterocycles.